The minimum atomic E-state index is -0.346. The number of nitrogens with zero attached hydrogens (tertiary/aromatic N) is 3. The quantitative estimate of drug-likeness (QED) is 0.704. The van der Waals surface area contributed by atoms with Crippen molar-refractivity contribution >= 4 is 17.3 Å². The van der Waals surface area contributed by atoms with Crippen molar-refractivity contribution in [1.29, 1.82) is 0 Å². The third-order valence-electron chi connectivity index (χ3n) is 4.92. The number of aromatic hydroxyl groups is 1. The lowest BCUT2D eigenvalue weighted by molar-refractivity contribution is -0.0190. The maximum absolute atomic E-state index is 9.84. The minimum absolute atomic E-state index is 0.0166. The van der Waals surface area contributed by atoms with Crippen LogP contribution < -0.4 is 4.74 Å². The highest BCUT2D eigenvalue weighted by molar-refractivity contribution is 6.30. The molecule has 0 bridgehead atoms. The fourth-order valence-electron chi connectivity index (χ4n) is 3.67. The molecule has 0 aliphatic carbocycles. The number of pyridine rings is 1. The number of benzene rings is 2. The van der Waals surface area contributed by atoms with E-state index in [1.807, 2.05) is 47.5 Å². The highest BCUT2D eigenvalue weighted by Gasteiger charge is 2.41. The van der Waals surface area contributed by atoms with Gasteiger partial charge in [0, 0.05) is 40.5 Å². The molecule has 0 fully saturated rings. The van der Waals surface area contributed by atoms with Gasteiger partial charge in [-0.15, -0.1) is 0 Å². The molecule has 134 valence electrons. The Hall–Kier alpha value is -3.05. The fourth-order valence-corrected chi connectivity index (χ4v) is 3.85. The van der Waals surface area contributed by atoms with Gasteiger partial charge in [-0.05, 0) is 42.5 Å². The van der Waals surface area contributed by atoms with Crippen molar-refractivity contribution in [2.45, 2.75) is 18.7 Å². The second kappa shape index (κ2) is 6.28. The minimum Gasteiger partial charge on any atom is -0.508 e. The van der Waals surface area contributed by atoms with Crippen LogP contribution in [0, 0.1) is 0 Å². The molecule has 0 saturated carbocycles. The normalized spacial score (nSPS) is 20.5. The van der Waals surface area contributed by atoms with Gasteiger partial charge in [-0.1, -0.05) is 23.7 Å². The van der Waals surface area contributed by atoms with Crippen LogP contribution in [0.1, 0.15) is 35.4 Å². The van der Waals surface area contributed by atoms with E-state index in [0.29, 0.717) is 11.4 Å². The zero-order valence-electron chi connectivity index (χ0n) is 14.3. The smallest absolute Gasteiger partial charge is 0.213 e. The van der Waals surface area contributed by atoms with Crippen LogP contribution in [0.2, 0.25) is 5.02 Å². The number of phenols is 1. The summed E-state index contributed by atoms with van der Waals surface area (Å²) in [5.41, 5.74) is 3.82. The summed E-state index contributed by atoms with van der Waals surface area (Å²) in [5, 5.41) is 17.3. The van der Waals surface area contributed by atoms with E-state index in [4.69, 9.17) is 21.4 Å². The number of hydrogen-bond acceptors (Lipinski definition) is 5. The monoisotopic (exact) mass is 377 g/mol. The van der Waals surface area contributed by atoms with Crippen LogP contribution in [0.25, 0.3) is 0 Å². The molecule has 0 radical (unpaired) electrons. The van der Waals surface area contributed by atoms with Crippen LogP contribution in [0.15, 0.2) is 72.1 Å². The summed E-state index contributed by atoms with van der Waals surface area (Å²) < 4.78 is 6.28. The largest absolute Gasteiger partial charge is 0.508 e. The third-order valence-corrected chi connectivity index (χ3v) is 5.16. The molecule has 2 aliphatic heterocycles. The first-order valence-electron chi connectivity index (χ1n) is 8.70. The van der Waals surface area contributed by atoms with Gasteiger partial charge in [-0.3, -0.25) is 4.98 Å². The van der Waals surface area contributed by atoms with Crippen molar-refractivity contribution in [3.8, 4) is 11.5 Å². The first-order chi connectivity index (χ1) is 13.2. The molecule has 3 aromatic rings. The van der Waals surface area contributed by atoms with Gasteiger partial charge >= 0.3 is 0 Å². The molecule has 3 heterocycles. The SMILES string of the molecule is Oc1cccc(C2=NN3[C@H](C2)c2cc(Cl)ccc2O[C@H]3c2ccncc2)c1. The van der Waals surface area contributed by atoms with E-state index in [9.17, 15) is 5.11 Å². The number of aromatic nitrogens is 1. The molecule has 1 aromatic heterocycles. The lowest BCUT2D eigenvalue weighted by Gasteiger charge is -2.38. The first kappa shape index (κ1) is 16.1. The van der Waals surface area contributed by atoms with Crippen molar-refractivity contribution < 1.29 is 9.84 Å². The number of halogens is 1. The molecule has 0 amide bonds. The molecular formula is C21H16ClN3O2. The fraction of sp³-hybridized carbons (Fsp3) is 0.143. The predicted molar refractivity (Wildman–Crippen MR) is 103 cm³/mol. The Kier molecular flexibility index (Phi) is 3.76. The molecule has 2 atom stereocenters. The molecule has 5 rings (SSSR count). The summed E-state index contributed by atoms with van der Waals surface area (Å²) in [4.78, 5) is 4.10. The molecule has 6 heteroatoms. The van der Waals surface area contributed by atoms with Crippen molar-refractivity contribution in [3.63, 3.8) is 0 Å². The molecule has 0 unspecified atom stereocenters. The molecule has 1 N–H and O–H groups in total. The number of hydrazone groups is 1. The number of fused-ring (bicyclic) bond motifs is 3. The van der Waals surface area contributed by atoms with Gasteiger partial charge in [0.1, 0.15) is 11.5 Å². The Morgan fingerprint density at radius 1 is 1.07 bits per heavy atom. The van der Waals surface area contributed by atoms with Crippen molar-refractivity contribution in [2.75, 3.05) is 0 Å². The van der Waals surface area contributed by atoms with Crippen molar-refractivity contribution in [2.24, 2.45) is 5.10 Å². The van der Waals surface area contributed by atoms with E-state index >= 15 is 0 Å². The lowest BCUT2D eigenvalue weighted by atomic mass is 9.96. The van der Waals surface area contributed by atoms with Gasteiger partial charge in [-0.25, -0.2) is 5.01 Å². The zero-order chi connectivity index (χ0) is 18.4. The van der Waals surface area contributed by atoms with Gasteiger partial charge in [-0.2, -0.15) is 5.10 Å². The Balaban J connectivity index is 1.61. The molecule has 5 nitrogen and oxygen atoms in total. The van der Waals surface area contributed by atoms with E-state index in [-0.39, 0.29) is 18.0 Å². The van der Waals surface area contributed by atoms with E-state index in [2.05, 4.69) is 4.98 Å². The second-order valence-electron chi connectivity index (χ2n) is 6.63. The highest BCUT2D eigenvalue weighted by atomic mass is 35.5. The van der Waals surface area contributed by atoms with Gasteiger partial charge in [0.25, 0.3) is 0 Å². The van der Waals surface area contributed by atoms with E-state index < -0.39 is 0 Å². The molecule has 0 saturated heterocycles. The standard InChI is InChI=1S/C21H16ClN3O2/c22-15-4-5-20-17(11-15)19-12-18(14-2-1-3-16(26)10-14)24-25(19)21(27-20)13-6-8-23-9-7-13/h1-11,19,21,26H,12H2/t19-,21+/m1/s1. The molecule has 2 aliphatic rings. The van der Waals surface area contributed by atoms with Crippen molar-refractivity contribution in [3.05, 3.63) is 88.7 Å². The zero-order valence-corrected chi connectivity index (χ0v) is 15.0. The third kappa shape index (κ3) is 2.80. The molecule has 27 heavy (non-hydrogen) atoms. The highest BCUT2D eigenvalue weighted by Crippen LogP contribution is 2.48. The lowest BCUT2D eigenvalue weighted by Crippen LogP contribution is -2.33. The molecule has 0 spiro atoms. The number of phenolic OH excluding ortho intramolecular Hbond substituents is 1. The second-order valence-corrected chi connectivity index (χ2v) is 7.07. The predicted octanol–water partition coefficient (Wildman–Crippen LogP) is 4.68. The number of ether oxygens (including phenoxy) is 1. The Morgan fingerprint density at radius 2 is 1.93 bits per heavy atom. The summed E-state index contributed by atoms with van der Waals surface area (Å²) in [6.07, 6.45) is 3.87. The van der Waals surface area contributed by atoms with Crippen LogP contribution in [-0.2, 0) is 0 Å². The van der Waals surface area contributed by atoms with Crippen LogP contribution in [-0.4, -0.2) is 20.8 Å². The van der Waals surface area contributed by atoms with Crippen LogP contribution in [0.3, 0.4) is 0 Å². The average Bonchev–Trinajstić information content (AvgIpc) is 3.14. The van der Waals surface area contributed by atoms with E-state index in [1.165, 1.54) is 0 Å². The van der Waals surface area contributed by atoms with Crippen LogP contribution >= 0.6 is 11.6 Å². The van der Waals surface area contributed by atoms with Crippen LogP contribution in [0.4, 0.5) is 0 Å². The van der Waals surface area contributed by atoms with E-state index in [1.54, 1.807) is 24.5 Å². The molecule has 2 aromatic carbocycles. The molecular weight excluding hydrogens is 362 g/mol. The van der Waals surface area contributed by atoms with Gasteiger partial charge in [0.15, 0.2) is 0 Å². The van der Waals surface area contributed by atoms with Crippen LogP contribution in [0.5, 0.6) is 11.5 Å². The number of rotatable bonds is 2. The Morgan fingerprint density at radius 3 is 2.74 bits per heavy atom. The summed E-state index contributed by atoms with van der Waals surface area (Å²) in [5.74, 6) is 1.04. The van der Waals surface area contributed by atoms with Gasteiger partial charge in [0.2, 0.25) is 6.23 Å². The average molecular weight is 378 g/mol. The summed E-state index contributed by atoms with van der Waals surface area (Å²) >= 11 is 6.24. The van der Waals surface area contributed by atoms with Gasteiger partial charge in [0.05, 0.1) is 11.8 Å². The summed E-state index contributed by atoms with van der Waals surface area (Å²) in [7, 11) is 0. The summed E-state index contributed by atoms with van der Waals surface area (Å²) in [6.45, 7) is 0. The van der Waals surface area contributed by atoms with Gasteiger partial charge < -0.3 is 9.84 Å². The Labute approximate surface area is 161 Å². The topological polar surface area (TPSA) is 58.0 Å². The van der Waals surface area contributed by atoms with E-state index in [0.717, 1.165) is 28.2 Å². The summed E-state index contributed by atoms with van der Waals surface area (Å²) in [6, 6.07) is 16.8. The maximum Gasteiger partial charge on any atom is 0.213 e. The number of hydrogen-bond donors (Lipinski definition) is 1. The van der Waals surface area contributed by atoms with Crippen molar-refractivity contribution in [1.82, 2.24) is 9.99 Å². The Bertz CT molecular complexity index is 1040. The first-order valence-corrected chi connectivity index (χ1v) is 9.08. The maximum atomic E-state index is 9.84.